The van der Waals surface area contributed by atoms with E-state index in [2.05, 4.69) is 9.71 Å². The SMILES string of the molecule is Cc1ccccc1CCNS(=O)(=O)c1c[nH]c(CN)c1. The predicted octanol–water partition coefficient (Wildman–Crippen LogP) is 1.30. The van der Waals surface area contributed by atoms with Gasteiger partial charge < -0.3 is 10.7 Å². The molecule has 0 atom stereocenters. The molecule has 0 unspecified atom stereocenters. The van der Waals surface area contributed by atoms with Crippen LogP contribution in [0.25, 0.3) is 0 Å². The van der Waals surface area contributed by atoms with E-state index in [9.17, 15) is 8.42 Å². The van der Waals surface area contributed by atoms with Crippen molar-refractivity contribution < 1.29 is 8.42 Å². The molecule has 1 aromatic carbocycles. The molecule has 1 aromatic heterocycles. The van der Waals surface area contributed by atoms with Crippen molar-refractivity contribution in [1.82, 2.24) is 9.71 Å². The molecule has 5 nitrogen and oxygen atoms in total. The maximum absolute atomic E-state index is 12.1. The summed E-state index contributed by atoms with van der Waals surface area (Å²) in [7, 11) is -3.47. The molecule has 0 bridgehead atoms. The Labute approximate surface area is 119 Å². The molecule has 2 aromatic rings. The summed E-state index contributed by atoms with van der Waals surface area (Å²) in [4.78, 5) is 3.06. The third-order valence-corrected chi connectivity index (χ3v) is 4.63. The summed E-state index contributed by atoms with van der Waals surface area (Å²) in [6.45, 7) is 2.68. The second kappa shape index (κ2) is 6.21. The number of aromatic amines is 1. The average Bonchev–Trinajstić information content (AvgIpc) is 2.90. The number of sulfonamides is 1. The molecule has 0 aliphatic heterocycles. The number of benzene rings is 1. The molecule has 6 heteroatoms. The molecule has 0 aliphatic rings. The van der Waals surface area contributed by atoms with Gasteiger partial charge in [-0.1, -0.05) is 24.3 Å². The predicted molar refractivity (Wildman–Crippen MR) is 78.8 cm³/mol. The van der Waals surface area contributed by atoms with E-state index in [0.29, 0.717) is 25.2 Å². The Bertz CT molecular complexity index is 677. The van der Waals surface area contributed by atoms with Crippen LogP contribution >= 0.6 is 0 Å². The summed E-state index contributed by atoms with van der Waals surface area (Å²) in [5, 5.41) is 0. The number of nitrogens with one attached hydrogen (secondary N) is 2. The highest BCUT2D eigenvalue weighted by Gasteiger charge is 2.15. The van der Waals surface area contributed by atoms with Gasteiger partial charge in [-0.15, -0.1) is 0 Å². The first-order valence-corrected chi connectivity index (χ1v) is 7.93. The minimum Gasteiger partial charge on any atom is -0.363 e. The van der Waals surface area contributed by atoms with Crippen LogP contribution in [0, 0.1) is 6.92 Å². The molecule has 0 aliphatic carbocycles. The Kier molecular flexibility index (Phi) is 4.59. The van der Waals surface area contributed by atoms with E-state index < -0.39 is 10.0 Å². The van der Waals surface area contributed by atoms with Gasteiger partial charge in [-0.2, -0.15) is 0 Å². The minimum atomic E-state index is -3.47. The van der Waals surface area contributed by atoms with Crippen molar-refractivity contribution in [1.29, 1.82) is 0 Å². The largest absolute Gasteiger partial charge is 0.363 e. The van der Waals surface area contributed by atoms with Crippen LogP contribution in [0.2, 0.25) is 0 Å². The van der Waals surface area contributed by atoms with Crippen LogP contribution in [0.3, 0.4) is 0 Å². The Morgan fingerprint density at radius 1 is 1.30 bits per heavy atom. The summed E-state index contributed by atoms with van der Waals surface area (Å²) in [6.07, 6.45) is 2.12. The fourth-order valence-electron chi connectivity index (χ4n) is 1.99. The molecule has 0 saturated heterocycles. The summed E-state index contributed by atoms with van der Waals surface area (Å²) in [6, 6.07) is 9.50. The summed E-state index contributed by atoms with van der Waals surface area (Å²) >= 11 is 0. The van der Waals surface area contributed by atoms with Crippen LogP contribution in [0.5, 0.6) is 0 Å². The van der Waals surface area contributed by atoms with Gasteiger partial charge in [0, 0.05) is 25.0 Å². The first kappa shape index (κ1) is 14.8. The third kappa shape index (κ3) is 3.47. The number of H-pyrrole nitrogens is 1. The third-order valence-electron chi connectivity index (χ3n) is 3.19. The van der Waals surface area contributed by atoms with Gasteiger partial charge in [-0.05, 0) is 30.5 Å². The number of nitrogens with two attached hydrogens (primary N) is 1. The summed E-state index contributed by atoms with van der Waals surface area (Å²) < 4.78 is 26.7. The molecule has 20 heavy (non-hydrogen) atoms. The van der Waals surface area contributed by atoms with E-state index in [1.54, 1.807) is 6.07 Å². The van der Waals surface area contributed by atoms with E-state index in [-0.39, 0.29) is 4.90 Å². The van der Waals surface area contributed by atoms with E-state index in [4.69, 9.17) is 5.73 Å². The fraction of sp³-hybridized carbons (Fsp3) is 0.286. The van der Waals surface area contributed by atoms with Gasteiger partial charge in [0.15, 0.2) is 0 Å². The molecule has 108 valence electrons. The van der Waals surface area contributed by atoms with E-state index in [1.807, 2.05) is 31.2 Å². The summed E-state index contributed by atoms with van der Waals surface area (Å²) in [5.41, 5.74) is 8.46. The van der Waals surface area contributed by atoms with Crippen LogP contribution in [-0.2, 0) is 23.0 Å². The number of aromatic nitrogens is 1. The maximum atomic E-state index is 12.1. The molecular formula is C14H19N3O2S. The van der Waals surface area contributed by atoms with E-state index >= 15 is 0 Å². The Balaban J connectivity index is 1.98. The molecule has 0 radical (unpaired) electrons. The Morgan fingerprint density at radius 2 is 2.05 bits per heavy atom. The van der Waals surface area contributed by atoms with Crippen LogP contribution in [0.15, 0.2) is 41.4 Å². The highest BCUT2D eigenvalue weighted by Crippen LogP contribution is 2.11. The second-order valence-corrected chi connectivity index (χ2v) is 6.41. The molecule has 0 spiro atoms. The molecule has 2 rings (SSSR count). The smallest absolute Gasteiger partial charge is 0.242 e. The van der Waals surface area contributed by atoms with Crippen molar-refractivity contribution in [2.75, 3.05) is 6.54 Å². The number of hydrogen-bond donors (Lipinski definition) is 3. The monoisotopic (exact) mass is 293 g/mol. The maximum Gasteiger partial charge on any atom is 0.242 e. The van der Waals surface area contributed by atoms with Gasteiger partial charge in [0.2, 0.25) is 10.0 Å². The molecule has 0 saturated carbocycles. The van der Waals surface area contributed by atoms with Crippen LogP contribution < -0.4 is 10.5 Å². The van der Waals surface area contributed by atoms with Crippen molar-refractivity contribution >= 4 is 10.0 Å². The van der Waals surface area contributed by atoms with Crippen molar-refractivity contribution in [2.24, 2.45) is 5.73 Å². The fourth-order valence-corrected chi connectivity index (χ4v) is 3.03. The van der Waals surface area contributed by atoms with Gasteiger partial charge in [0.25, 0.3) is 0 Å². The van der Waals surface area contributed by atoms with E-state index in [0.717, 1.165) is 5.56 Å². The molecule has 0 amide bonds. The zero-order valence-corrected chi connectivity index (χ0v) is 12.2. The highest BCUT2D eigenvalue weighted by molar-refractivity contribution is 7.89. The van der Waals surface area contributed by atoms with Crippen molar-refractivity contribution in [3.05, 3.63) is 53.3 Å². The Morgan fingerprint density at radius 3 is 2.70 bits per heavy atom. The molecule has 4 N–H and O–H groups in total. The average molecular weight is 293 g/mol. The van der Waals surface area contributed by atoms with Crippen molar-refractivity contribution in [3.8, 4) is 0 Å². The van der Waals surface area contributed by atoms with Gasteiger partial charge in [-0.3, -0.25) is 0 Å². The second-order valence-electron chi connectivity index (χ2n) is 4.64. The lowest BCUT2D eigenvalue weighted by molar-refractivity contribution is 0.581. The first-order valence-electron chi connectivity index (χ1n) is 6.44. The zero-order valence-electron chi connectivity index (χ0n) is 11.4. The normalized spacial score (nSPS) is 11.7. The quantitative estimate of drug-likeness (QED) is 0.750. The topological polar surface area (TPSA) is 88.0 Å². The number of aryl methyl sites for hydroxylation is 1. The van der Waals surface area contributed by atoms with Crippen LogP contribution in [-0.4, -0.2) is 19.9 Å². The zero-order chi connectivity index (χ0) is 14.6. The lowest BCUT2D eigenvalue weighted by Crippen LogP contribution is -2.25. The van der Waals surface area contributed by atoms with Gasteiger partial charge in [-0.25, -0.2) is 13.1 Å². The van der Waals surface area contributed by atoms with Gasteiger partial charge in [0.1, 0.15) is 0 Å². The summed E-state index contributed by atoms with van der Waals surface area (Å²) in [5.74, 6) is 0. The molecule has 1 heterocycles. The van der Waals surface area contributed by atoms with E-state index in [1.165, 1.54) is 11.8 Å². The molecular weight excluding hydrogens is 274 g/mol. The lowest BCUT2D eigenvalue weighted by Gasteiger charge is -2.07. The standard InChI is InChI=1S/C14H19N3O2S/c1-11-4-2-3-5-12(11)6-7-17-20(18,19)14-8-13(9-15)16-10-14/h2-5,8,10,16-17H,6-7,9,15H2,1H3. The Hall–Kier alpha value is -1.63. The van der Waals surface area contributed by atoms with Crippen molar-refractivity contribution in [3.63, 3.8) is 0 Å². The number of rotatable bonds is 6. The minimum absolute atomic E-state index is 0.225. The van der Waals surface area contributed by atoms with Gasteiger partial charge >= 0.3 is 0 Å². The van der Waals surface area contributed by atoms with Crippen LogP contribution in [0.4, 0.5) is 0 Å². The van der Waals surface area contributed by atoms with Crippen LogP contribution in [0.1, 0.15) is 16.8 Å². The van der Waals surface area contributed by atoms with Gasteiger partial charge in [0.05, 0.1) is 4.90 Å². The first-order chi connectivity index (χ1) is 9.53. The lowest BCUT2D eigenvalue weighted by atomic mass is 10.1. The van der Waals surface area contributed by atoms with Crippen molar-refractivity contribution in [2.45, 2.75) is 24.8 Å². The number of hydrogen-bond acceptors (Lipinski definition) is 3. The highest BCUT2D eigenvalue weighted by atomic mass is 32.2. The molecule has 0 fully saturated rings.